The molecule has 0 N–H and O–H groups in total. The maximum atomic E-state index is 11.5. The van der Waals surface area contributed by atoms with Crippen molar-refractivity contribution >= 4 is 28.9 Å². The van der Waals surface area contributed by atoms with Crippen LogP contribution in [0.15, 0.2) is 33.0 Å². The largest absolute Gasteiger partial charge is 0.359 e. The van der Waals surface area contributed by atoms with Gasteiger partial charge < -0.3 is 9.47 Å². The molecule has 0 saturated carbocycles. The van der Waals surface area contributed by atoms with E-state index in [9.17, 15) is 4.79 Å². The van der Waals surface area contributed by atoms with Gasteiger partial charge in [0.15, 0.2) is 0 Å². The van der Waals surface area contributed by atoms with E-state index in [4.69, 9.17) is 9.47 Å². The standard InChI is InChI=1S/C21H33IO3/c1-16(7-6-8-17(2)13-22)9-10-21(4)12-19(14-23)20(11-18(21)3)25-15-24-5/h7,12-14,18,20H,6,8-11,15H2,1-5H3/b16-7+,17-13+/t18-,20+,21+/m1/s1. The van der Waals surface area contributed by atoms with Gasteiger partial charge in [-0.2, -0.15) is 0 Å². The van der Waals surface area contributed by atoms with Crippen molar-refractivity contribution < 1.29 is 14.3 Å². The Morgan fingerprint density at radius 3 is 2.68 bits per heavy atom. The van der Waals surface area contributed by atoms with Crippen LogP contribution in [0, 0.1) is 11.3 Å². The van der Waals surface area contributed by atoms with Crippen LogP contribution in [0.1, 0.15) is 59.8 Å². The zero-order chi connectivity index (χ0) is 18.9. The van der Waals surface area contributed by atoms with Crippen molar-refractivity contribution in [2.24, 2.45) is 11.3 Å². The Kier molecular flexibility index (Phi) is 10.2. The highest BCUT2D eigenvalue weighted by Gasteiger charge is 2.37. The Morgan fingerprint density at radius 2 is 2.08 bits per heavy atom. The molecule has 0 aliphatic heterocycles. The summed E-state index contributed by atoms with van der Waals surface area (Å²) in [5, 5.41) is 0. The van der Waals surface area contributed by atoms with Crippen molar-refractivity contribution in [1.82, 2.24) is 0 Å². The Morgan fingerprint density at radius 1 is 1.36 bits per heavy atom. The second-order valence-electron chi connectivity index (χ2n) is 7.51. The minimum atomic E-state index is -0.139. The zero-order valence-corrected chi connectivity index (χ0v) is 18.5. The summed E-state index contributed by atoms with van der Waals surface area (Å²) in [6, 6.07) is 0. The van der Waals surface area contributed by atoms with Gasteiger partial charge in [0.25, 0.3) is 0 Å². The average Bonchev–Trinajstić information content (AvgIpc) is 2.60. The van der Waals surface area contributed by atoms with Crippen LogP contribution in [0.25, 0.3) is 0 Å². The molecule has 0 aromatic heterocycles. The Bertz CT molecular complexity index is 521. The molecule has 25 heavy (non-hydrogen) atoms. The van der Waals surface area contributed by atoms with Crippen molar-refractivity contribution in [2.45, 2.75) is 65.9 Å². The van der Waals surface area contributed by atoms with E-state index in [2.05, 4.69) is 66.5 Å². The van der Waals surface area contributed by atoms with Gasteiger partial charge in [-0.25, -0.2) is 0 Å². The molecule has 0 unspecified atom stereocenters. The number of aldehydes is 1. The number of allylic oxidation sites excluding steroid dienone is 4. The van der Waals surface area contributed by atoms with E-state index in [-0.39, 0.29) is 18.3 Å². The predicted molar refractivity (Wildman–Crippen MR) is 113 cm³/mol. The van der Waals surface area contributed by atoms with Gasteiger partial charge in [0.2, 0.25) is 0 Å². The molecule has 0 aromatic rings. The fraction of sp³-hybridized carbons (Fsp3) is 0.667. The normalized spacial score (nSPS) is 28.0. The molecule has 4 heteroatoms. The number of hydrogen-bond acceptors (Lipinski definition) is 3. The number of carbonyl (C=O) groups is 1. The van der Waals surface area contributed by atoms with Gasteiger partial charge in [-0.05, 0) is 61.4 Å². The Labute approximate surface area is 167 Å². The molecule has 0 bridgehead atoms. The highest BCUT2D eigenvalue weighted by molar-refractivity contribution is 14.1. The van der Waals surface area contributed by atoms with Gasteiger partial charge in [-0.3, -0.25) is 4.79 Å². The van der Waals surface area contributed by atoms with E-state index < -0.39 is 0 Å². The highest BCUT2D eigenvalue weighted by Crippen LogP contribution is 2.43. The number of rotatable bonds is 10. The first kappa shape index (κ1) is 22.6. The van der Waals surface area contributed by atoms with Gasteiger partial charge in [0, 0.05) is 12.7 Å². The fourth-order valence-electron chi connectivity index (χ4n) is 3.25. The van der Waals surface area contributed by atoms with Crippen LogP contribution in [0.4, 0.5) is 0 Å². The van der Waals surface area contributed by atoms with Crippen LogP contribution in [0.3, 0.4) is 0 Å². The topological polar surface area (TPSA) is 35.5 Å². The number of ether oxygens (including phenoxy) is 2. The molecule has 1 aliphatic rings. The summed E-state index contributed by atoms with van der Waals surface area (Å²) in [6.45, 7) is 9.15. The fourth-order valence-corrected chi connectivity index (χ4v) is 3.57. The lowest BCUT2D eigenvalue weighted by molar-refractivity contribution is -0.110. The number of carbonyl (C=O) groups excluding carboxylic acids is 1. The molecule has 0 heterocycles. The zero-order valence-electron chi connectivity index (χ0n) is 16.3. The van der Waals surface area contributed by atoms with E-state index in [1.165, 1.54) is 11.1 Å². The first-order chi connectivity index (χ1) is 11.9. The lowest BCUT2D eigenvalue weighted by Crippen LogP contribution is -2.35. The Balaban J connectivity index is 2.69. The van der Waals surface area contributed by atoms with E-state index in [1.54, 1.807) is 7.11 Å². The lowest BCUT2D eigenvalue weighted by Gasteiger charge is -2.40. The molecule has 3 atom stereocenters. The van der Waals surface area contributed by atoms with Gasteiger partial charge in [-0.1, -0.05) is 59.7 Å². The summed E-state index contributed by atoms with van der Waals surface area (Å²) in [6.07, 6.45) is 10.5. The average molecular weight is 460 g/mol. The second kappa shape index (κ2) is 11.3. The molecule has 0 fully saturated rings. The minimum absolute atomic E-state index is 0.0380. The van der Waals surface area contributed by atoms with Gasteiger partial charge >= 0.3 is 0 Å². The summed E-state index contributed by atoms with van der Waals surface area (Å²) in [5.41, 5.74) is 3.67. The maximum Gasteiger partial charge on any atom is 0.148 e. The second-order valence-corrected chi connectivity index (χ2v) is 8.13. The minimum Gasteiger partial charge on any atom is -0.359 e. The molecule has 0 spiro atoms. The molecular weight excluding hydrogens is 427 g/mol. The SMILES string of the molecule is COCO[C@H]1C[C@@H](C)[C@@](C)(CC/C(C)=C/CC/C(C)=C/I)C=C1C=O. The molecule has 0 aromatic carbocycles. The van der Waals surface area contributed by atoms with E-state index in [0.29, 0.717) is 5.92 Å². The third-order valence-electron chi connectivity index (χ3n) is 5.36. The molecular formula is C21H33IO3. The Hall–Kier alpha value is -0.460. The third-order valence-corrected chi connectivity index (χ3v) is 6.42. The van der Waals surface area contributed by atoms with Gasteiger partial charge in [0.1, 0.15) is 13.1 Å². The molecule has 1 rings (SSSR count). The van der Waals surface area contributed by atoms with Crippen molar-refractivity contribution in [3.63, 3.8) is 0 Å². The first-order valence-corrected chi connectivity index (χ1v) is 10.3. The monoisotopic (exact) mass is 460 g/mol. The third kappa shape index (κ3) is 7.35. The summed E-state index contributed by atoms with van der Waals surface area (Å²) in [5.74, 6) is 0.468. The van der Waals surface area contributed by atoms with Crippen molar-refractivity contribution in [3.8, 4) is 0 Å². The summed E-state index contributed by atoms with van der Waals surface area (Å²) in [4.78, 5) is 11.5. The maximum absolute atomic E-state index is 11.5. The van der Waals surface area contributed by atoms with E-state index in [0.717, 1.165) is 44.0 Å². The molecule has 0 amide bonds. The predicted octanol–water partition coefficient (Wildman–Crippen LogP) is 5.99. The van der Waals surface area contributed by atoms with Gasteiger partial charge in [-0.15, -0.1) is 0 Å². The van der Waals surface area contributed by atoms with Crippen LogP contribution in [0.2, 0.25) is 0 Å². The van der Waals surface area contributed by atoms with Crippen LogP contribution < -0.4 is 0 Å². The van der Waals surface area contributed by atoms with Crippen LogP contribution >= 0.6 is 22.6 Å². The highest BCUT2D eigenvalue weighted by atomic mass is 127. The molecule has 142 valence electrons. The quantitative estimate of drug-likeness (QED) is 0.174. The van der Waals surface area contributed by atoms with Crippen LogP contribution in [-0.4, -0.2) is 26.3 Å². The molecule has 0 radical (unpaired) electrons. The van der Waals surface area contributed by atoms with Crippen molar-refractivity contribution in [3.05, 3.63) is 33.0 Å². The van der Waals surface area contributed by atoms with Crippen molar-refractivity contribution in [1.29, 1.82) is 0 Å². The van der Waals surface area contributed by atoms with E-state index >= 15 is 0 Å². The molecule has 0 saturated heterocycles. The number of halogens is 1. The summed E-state index contributed by atoms with van der Waals surface area (Å²) >= 11 is 2.30. The molecule has 3 nitrogen and oxygen atoms in total. The van der Waals surface area contributed by atoms with Gasteiger partial charge in [0.05, 0.1) is 6.10 Å². The number of methoxy groups -OCH3 is 1. The summed E-state index contributed by atoms with van der Waals surface area (Å²) < 4.78 is 12.8. The summed E-state index contributed by atoms with van der Waals surface area (Å²) in [7, 11) is 1.60. The van der Waals surface area contributed by atoms with Crippen molar-refractivity contribution in [2.75, 3.05) is 13.9 Å². The van der Waals surface area contributed by atoms with Crippen LogP contribution in [0.5, 0.6) is 0 Å². The van der Waals surface area contributed by atoms with E-state index in [1.807, 2.05) is 0 Å². The smallest absolute Gasteiger partial charge is 0.148 e. The molecule has 1 aliphatic carbocycles. The lowest BCUT2D eigenvalue weighted by atomic mass is 9.67. The first-order valence-electron chi connectivity index (χ1n) is 9.06. The number of hydrogen-bond donors (Lipinski definition) is 0. The van der Waals surface area contributed by atoms with Crippen LogP contribution in [-0.2, 0) is 14.3 Å².